The molecule has 0 atom stereocenters. The molecule has 0 heterocycles. The van der Waals surface area contributed by atoms with E-state index in [4.69, 9.17) is 0 Å². The average molecular weight is 860 g/mol. The Hall–Kier alpha value is -4.03. The second-order valence-corrected chi connectivity index (χ2v) is 24.4. The molecule has 0 aliphatic carbocycles. The molecule has 0 aromatic heterocycles. The fraction of sp³-hybridized carbons (Fsp3) is 0.0769. The summed E-state index contributed by atoms with van der Waals surface area (Å²) in [6.45, 7) is 0. The van der Waals surface area contributed by atoms with Crippen LogP contribution in [0.2, 0.25) is 0 Å². The van der Waals surface area contributed by atoms with Gasteiger partial charge < -0.3 is 0 Å². The topological polar surface area (TPSA) is 0 Å². The van der Waals surface area contributed by atoms with Crippen LogP contribution < -0.4 is 42.4 Å². The fourth-order valence-electron chi connectivity index (χ4n) is 7.42. The van der Waals surface area contributed by atoms with Crippen molar-refractivity contribution in [1.29, 1.82) is 0 Å². The van der Waals surface area contributed by atoms with Crippen molar-refractivity contribution >= 4 is 74.1 Å². The summed E-state index contributed by atoms with van der Waals surface area (Å²) < 4.78 is 0. The first kappa shape index (κ1) is 42.6. The van der Waals surface area contributed by atoms with E-state index in [0.29, 0.717) is 0 Å². The van der Waals surface area contributed by atoms with Crippen LogP contribution in [0, 0.1) is 0 Å². The summed E-state index contributed by atoms with van der Waals surface area (Å²) in [5.41, 5.74) is 0. The van der Waals surface area contributed by atoms with Gasteiger partial charge in [-0.2, -0.15) is 0 Å². The molecule has 0 saturated heterocycles. The van der Waals surface area contributed by atoms with E-state index in [0.717, 1.165) is 0 Å². The van der Waals surface area contributed by atoms with Crippen LogP contribution >= 0.6 is 31.7 Å². The predicted molar refractivity (Wildman–Crippen MR) is 261 cm³/mol. The maximum Gasteiger partial charge on any atom is 0.102 e. The minimum atomic E-state index is -0.877. The largest absolute Gasteiger partial charge is 0.102 e. The Balaban J connectivity index is 0.000000231. The summed E-state index contributed by atoms with van der Waals surface area (Å²) in [6, 6.07) is 89.0. The van der Waals surface area contributed by atoms with E-state index in [1.165, 1.54) is 61.8 Å². The molecule has 0 unspecified atom stereocenters. The molecular formula is C52H52NiP4+4. The van der Waals surface area contributed by atoms with E-state index in [1.807, 2.05) is 0 Å². The van der Waals surface area contributed by atoms with Crippen LogP contribution in [0.5, 0.6) is 0 Å². The molecule has 0 bridgehead atoms. The van der Waals surface area contributed by atoms with Crippen LogP contribution in [0.3, 0.4) is 0 Å². The first-order valence-corrected chi connectivity index (χ1v) is 26.5. The molecule has 0 amide bonds. The van der Waals surface area contributed by atoms with Crippen molar-refractivity contribution in [3.63, 3.8) is 0 Å². The molecule has 5 heteroatoms. The van der Waals surface area contributed by atoms with Gasteiger partial charge in [0, 0.05) is 24.4 Å². The Labute approximate surface area is 355 Å². The van der Waals surface area contributed by atoms with Crippen LogP contribution in [0.15, 0.2) is 243 Å². The first-order chi connectivity index (χ1) is 27.8. The standard InChI is InChI=1S/C34H33P3.C18H15P.Ni/c1-6-16-30(17-7-1)35(26-28-36(31-18-8-2-9-19-31)32-20-10-3-11-21-32)27-29-37(33-22-12-4-13-23-33)34-24-14-5-15-25-34;1-4-10-16(11-5-1)19(17-12-6-2-7-13-17)18-14-8-3-9-15-18;/h1-25H,26-29H2;1-15H;/p+4. The third kappa shape index (κ3) is 12.5. The minimum Gasteiger partial charge on any atom is -0.0620 e. The summed E-state index contributed by atoms with van der Waals surface area (Å²) in [5.74, 6) is 0. The summed E-state index contributed by atoms with van der Waals surface area (Å²) in [7, 11) is -3.19. The van der Waals surface area contributed by atoms with E-state index >= 15 is 0 Å². The van der Waals surface area contributed by atoms with Gasteiger partial charge in [-0.3, -0.25) is 0 Å². The van der Waals surface area contributed by atoms with E-state index in [1.54, 1.807) is 5.30 Å². The molecule has 0 fully saturated rings. The number of hydrogen-bond acceptors (Lipinski definition) is 0. The van der Waals surface area contributed by atoms with Gasteiger partial charge in [0.15, 0.2) is 0 Å². The van der Waals surface area contributed by atoms with Crippen molar-refractivity contribution in [2.45, 2.75) is 0 Å². The zero-order valence-electron chi connectivity index (χ0n) is 32.2. The van der Waals surface area contributed by atoms with Crippen molar-refractivity contribution < 1.29 is 16.5 Å². The van der Waals surface area contributed by atoms with Crippen LogP contribution in [0.4, 0.5) is 0 Å². The second-order valence-electron chi connectivity index (χ2n) is 13.9. The molecule has 8 rings (SSSR count). The van der Waals surface area contributed by atoms with Gasteiger partial charge in [0.05, 0.1) is 62.6 Å². The van der Waals surface area contributed by atoms with Crippen LogP contribution in [0.25, 0.3) is 0 Å². The van der Waals surface area contributed by atoms with Gasteiger partial charge in [-0.15, -0.1) is 0 Å². The van der Waals surface area contributed by atoms with Crippen LogP contribution in [-0.4, -0.2) is 24.6 Å². The summed E-state index contributed by atoms with van der Waals surface area (Å²) in [5, 5.41) is 12.0. The number of hydrogen-bond donors (Lipinski definition) is 0. The molecule has 0 nitrogen and oxygen atoms in total. The van der Waals surface area contributed by atoms with E-state index in [-0.39, 0.29) is 16.5 Å². The third-order valence-electron chi connectivity index (χ3n) is 10.2. The molecule has 0 spiro atoms. The summed E-state index contributed by atoms with van der Waals surface area (Å²) in [6.07, 6.45) is 5.23. The van der Waals surface area contributed by atoms with Crippen molar-refractivity contribution in [3.8, 4) is 0 Å². The molecule has 0 aliphatic heterocycles. The van der Waals surface area contributed by atoms with Gasteiger partial charge in [0.2, 0.25) is 0 Å². The van der Waals surface area contributed by atoms with E-state index in [9.17, 15) is 0 Å². The Morgan fingerprint density at radius 2 is 0.404 bits per heavy atom. The molecule has 286 valence electrons. The van der Waals surface area contributed by atoms with Crippen molar-refractivity contribution in [2.24, 2.45) is 0 Å². The quantitative estimate of drug-likeness (QED) is 0.0756. The maximum absolute atomic E-state index is 2.39. The number of rotatable bonds is 14. The third-order valence-corrected chi connectivity index (χ3v) is 22.4. The van der Waals surface area contributed by atoms with Gasteiger partial charge in [-0.25, -0.2) is 0 Å². The Bertz CT molecular complexity index is 1990. The molecule has 8 aromatic rings. The normalized spacial score (nSPS) is 10.9. The predicted octanol–water partition coefficient (Wildman–Crippen LogP) is 9.43. The summed E-state index contributed by atoms with van der Waals surface area (Å²) in [4.78, 5) is 0. The average Bonchev–Trinajstić information content (AvgIpc) is 3.29. The molecule has 0 saturated carbocycles. The smallest absolute Gasteiger partial charge is 0.0620 e. The van der Waals surface area contributed by atoms with Crippen molar-refractivity contribution in [2.75, 3.05) is 24.6 Å². The SMILES string of the molecule is [Ni].c1ccc([PH+](CC[PH+](c2ccccc2)c2ccccc2)CC[PH+](c2ccccc2)c2ccccc2)cc1.c1ccc([PH+](c2ccccc2)c2ccccc2)cc1. The fourth-order valence-corrected chi connectivity index (χ4v) is 20.1. The molecule has 57 heavy (non-hydrogen) atoms. The van der Waals surface area contributed by atoms with Crippen LogP contribution in [-0.2, 0) is 16.5 Å². The van der Waals surface area contributed by atoms with Gasteiger partial charge in [-0.05, 0) is 97.1 Å². The Kier molecular flexibility index (Phi) is 17.5. The van der Waals surface area contributed by atoms with Crippen molar-refractivity contribution in [1.82, 2.24) is 0 Å². The molecule has 0 aliphatic rings. The molecule has 0 N–H and O–H groups in total. The summed E-state index contributed by atoms with van der Waals surface area (Å²) >= 11 is 0. The maximum atomic E-state index is 2.39. The number of benzene rings is 8. The van der Waals surface area contributed by atoms with E-state index < -0.39 is 31.7 Å². The van der Waals surface area contributed by atoms with E-state index in [2.05, 4.69) is 243 Å². The molecule has 0 radical (unpaired) electrons. The zero-order chi connectivity index (χ0) is 38.0. The first-order valence-electron chi connectivity index (χ1n) is 19.7. The molecular weight excluding hydrogens is 807 g/mol. The second kappa shape index (κ2) is 23.4. The zero-order valence-corrected chi connectivity index (χ0v) is 37.2. The van der Waals surface area contributed by atoms with Gasteiger partial charge in [0.25, 0.3) is 0 Å². The Morgan fingerprint density at radius 3 is 0.632 bits per heavy atom. The monoisotopic (exact) mass is 858 g/mol. The molecule has 8 aromatic carbocycles. The van der Waals surface area contributed by atoms with Crippen molar-refractivity contribution in [3.05, 3.63) is 243 Å². The minimum absolute atomic E-state index is 0. The van der Waals surface area contributed by atoms with Gasteiger partial charge in [0.1, 0.15) is 28.2 Å². The Morgan fingerprint density at radius 1 is 0.211 bits per heavy atom. The van der Waals surface area contributed by atoms with Crippen LogP contribution in [0.1, 0.15) is 0 Å². The van der Waals surface area contributed by atoms with Gasteiger partial charge >= 0.3 is 0 Å². The van der Waals surface area contributed by atoms with Gasteiger partial charge in [-0.1, -0.05) is 146 Å².